The van der Waals surface area contributed by atoms with Gasteiger partial charge in [-0.2, -0.15) is 0 Å². The molecule has 28 heavy (non-hydrogen) atoms. The fraction of sp³-hybridized carbons (Fsp3) is 0.364. The number of nitrogens with one attached hydrogen (secondary N) is 1. The van der Waals surface area contributed by atoms with Gasteiger partial charge in [0.1, 0.15) is 0 Å². The van der Waals surface area contributed by atoms with Crippen molar-refractivity contribution in [1.29, 1.82) is 0 Å². The molecule has 146 valence electrons. The van der Waals surface area contributed by atoms with Gasteiger partial charge in [0.05, 0.1) is 24.1 Å². The summed E-state index contributed by atoms with van der Waals surface area (Å²) in [7, 11) is 0. The summed E-state index contributed by atoms with van der Waals surface area (Å²) in [6, 6.07) is 13.8. The molecule has 4 rings (SSSR count). The maximum Gasteiger partial charge on any atom is 0.251 e. The Labute approximate surface area is 169 Å². The SMILES string of the molecule is Cc1ccc(CN2C(=O)CSc3ccc(C(=O)NCC4CCCO4)cc32)cc1. The van der Waals surface area contributed by atoms with Crippen molar-refractivity contribution in [2.45, 2.75) is 37.3 Å². The minimum Gasteiger partial charge on any atom is -0.376 e. The van der Waals surface area contributed by atoms with E-state index in [1.54, 1.807) is 4.90 Å². The van der Waals surface area contributed by atoms with Crippen LogP contribution in [0.1, 0.15) is 34.3 Å². The van der Waals surface area contributed by atoms with E-state index >= 15 is 0 Å². The van der Waals surface area contributed by atoms with Gasteiger partial charge in [-0.15, -0.1) is 11.8 Å². The molecule has 2 aromatic rings. The quantitative estimate of drug-likeness (QED) is 0.840. The van der Waals surface area contributed by atoms with E-state index < -0.39 is 0 Å². The number of aryl methyl sites for hydroxylation is 1. The maximum absolute atomic E-state index is 12.6. The van der Waals surface area contributed by atoms with E-state index in [4.69, 9.17) is 4.74 Å². The third-order valence-corrected chi connectivity index (χ3v) is 6.19. The topological polar surface area (TPSA) is 58.6 Å². The summed E-state index contributed by atoms with van der Waals surface area (Å²) in [6.07, 6.45) is 2.14. The molecule has 1 atom stereocenters. The molecule has 0 aromatic heterocycles. The van der Waals surface area contributed by atoms with E-state index in [0.717, 1.165) is 35.6 Å². The van der Waals surface area contributed by atoms with Crippen molar-refractivity contribution in [2.75, 3.05) is 23.8 Å². The van der Waals surface area contributed by atoms with E-state index in [1.165, 1.54) is 17.3 Å². The Morgan fingerprint density at radius 2 is 2.07 bits per heavy atom. The number of ether oxygens (including phenoxy) is 1. The van der Waals surface area contributed by atoms with Crippen LogP contribution >= 0.6 is 11.8 Å². The Kier molecular flexibility index (Phi) is 5.69. The first-order valence-electron chi connectivity index (χ1n) is 9.63. The highest BCUT2D eigenvalue weighted by atomic mass is 32.2. The highest BCUT2D eigenvalue weighted by molar-refractivity contribution is 8.00. The second kappa shape index (κ2) is 8.37. The number of nitrogens with zero attached hydrogens (tertiary/aromatic N) is 1. The van der Waals surface area contributed by atoms with Crippen molar-refractivity contribution in [3.05, 3.63) is 59.2 Å². The molecule has 1 N–H and O–H groups in total. The third-order valence-electron chi connectivity index (χ3n) is 5.14. The van der Waals surface area contributed by atoms with Crippen LogP contribution in [-0.2, 0) is 16.1 Å². The van der Waals surface area contributed by atoms with E-state index in [1.807, 2.05) is 49.4 Å². The molecule has 1 fully saturated rings. The minimum atomic E-state index is -0.128. The fourth-order valence-corrected chi connectivity index (χ4v) is 4.42. The van der Waals surface area contributed by atoms with Crippen LogP contribution in [0.25, 0.3) is 0 Å². The Morgan fingerprint density at radius 1 is 1.25 bits per heavy atom. The van der Waals surface area contributed by atoms with Gasteiger partial charge in [0, 0.05) is 23.6 Å². The van der Waals surface area contributed by atoms with Crippen molar-refractivity contribution < 1.29 is 14.3 Å². The molecule has 2 aliphatic rings. The van der Waals surface area contributed by atoms with Gasteiger partial charge in [-0.1, -0.05) is 29.8 Å². The van der Waals surface area contributed by atoms with Crippen molar-refractivity contribution in [2.24, 2.45) is 0 Å². The van der Waals surface area contributed by atoms with Gasteiger partial charge >= 0.3 is 0 Å². The van der Waals surface area contributed by atoms with Crippen LogP contribution in [0.15, 0.2) is 47.4 Å². The summed E-state index contributed by atoms with van der Waals surface area (Å²) in [4.78, 5) is 28.0. The van der Waals surface area contributed by atoms with Crippen LogP contribution < -0.4 is 10.2 Å². The summed E-state index contributed by atoms with van der Waals surface area (Å²) >= 11 is 1.52. The first-order valence-corrected chi connectivity index (χ1v) is 10.6. The number of amides is 2. The summed E-state index contributed by atoms with van der Waals surface area (Å²) < 4.78 is 5.56. The molecule has 0 saturated carbocycles. The average molecular weight is 397 g/mol. The smallest absolute Gasteiger partial charge is 0.251 e. The van der Waals surface area contributed by atoms with E-state index in [9.17, 15) is 9.59 Å². The number of anilines is 1. The van der Waals surface area contributed by atoms with E-state index in [-0.39, 0.29) is 17.9 Å². The van der Waals surface area contributed by atoms with Gasteiger partial charge in [-0.05, 0) is 43.5 Å². The zero-order chi connectivity index (χ0) is 19.5. The maximum atomic E-state index is 12.6. The van der Waals surface area contributed by atoms with Crippen LogP contribution in [0.5, 0.6) is 0 Å². The number of carbonyl (C=O) groups excluding carboxylic acids is 2. The van der Waals surface area contributed by atoms with Gasteiger partial charge in [0.2, 0.25) is 5.91 Å². The molecule has 5 nitrogen and oxygen atoms in total. The van der Waals surface area contributed by atoms with Crippen molar-refractivity contribution in [1.82, 2.24) is 5.32 Å². The highest BCUT2D eigenvalue weighted by Gasteiger charge is 2.26. The lowest BCUT2D eigenvalue weighted by Crippen LogP contribution is -2.35. The molecule has 6 heteroatoms. The summed E-state index contributed by atoms with van der Waals surface area (Å²) in [5, 5.41) is 2.96. The third kappa shape index (κ3) is 4.23. The summed E-state index contributed by atoms with van der Waals surface area (Å²) in [5.74, 6) is 0.357. The molecule has 2 amide bonds. The Balaban J connectivity index is 1.53. The number of carbonyl (C=O) groups is 2. The normalized spacial score (nSPS) is 18.8. The first kappa shape index (κ1) is 19.0. The number of rotatable bonds is 5. The van der Waals surface area contributed by atoms with E-state index in [2.05, 4.69) is 5.32 Å². The van der Waals surface area contributed by atoms with E-state index in [0.29, 0.717) is 24.4 Å². The minimum absolute atomic E-state index is 0.0648. The molecule has 0 spiro atoms. The molecule has 1 saturated heterocycles. The highest BCUT2D eigenvalue weighted by Crippen LogP contribution is 2.37. The second-order valence-corrected chi connectivity index (χ2v) is 8.30. The lowest BCUT2D eigenvalue weighted by atomic mass is 10.1. The standard InChI is InChI=1S/C22H24N2O3S/c1-15-4-6-16(7-5-15)13-24-19-11-17(8-9-20(19)28-14-21(24)25)22(26)23-12-18-3-2-10-27-18/h4-9,11,18H,2-3,10,12-14H2,1H3,(H,23,26). The van der Waals surface area contributed by atoms with Crippen LogP contribution in [0.4, 0.5) is 5.69 Å². The lowest BCUT2D eigenvalue weighted by Gasteiger charge is -2.29. The van der Waals surface area contributed by atoms with Crippen LogP contribution in [0, 0.1) is 6.92 Å². The molecule has 2 heterocycles. The predicted octanol–water partition coefficient (Wildman–Crippen LogP) is 3.54. The first-order chi connectivity index (χ1) is 13.6. The second-order valence-electron chi connectivity index (χ2n) is 7.28. The van der Waals surface area contributed by atoms with Gasteiger partial charge in [0.25, 0.3) is 5.91 Å². The number of thioether (sulfide) groups is 1. The number of hydrogen-bond donors (Lipinski definition) is 1. The van der Waals surface area contributed by atoms with Crippen LogP contribution in [-0.4, -0.2) is 36.8 Å². The molecule has 2 aliphatic heterocycles. The fourth-order valence-electron chi connectivity index (χ4n) is 3.51. The molecule has 2 aromatic carbocycles. The molecule has 0 radical (unpaired) electrons. The molecule has 0 bridgehead atoms. The number of hydrogen-bond acceptors (Lipinski definition) is 4. The number of benzene rings is 2. The monoisotopic (exact) mass is 396 g/mol. The van der Waals surface area contributed by atoms with Gasteiger partial charge < -0.3 is 15.0 Å². The van der Waals surface area contributed by atoms with Gasteiger partial charge in [-0.25, -0.2) is 0 Å². The average Bonchev–Trinajstić information content (AvgIpc) is 3.23. The van der Waals surface area contributed by atoms with Crippen molar-refractivity contribution in [3.8, 4) is 0 Å². The molecule has 1 unspecified atom stereocenters. The Morgan fingerprint density at radius 3 is 2.82 bits per heavy atom. The molecular weight excluding hydrogens is 372 g/mol. The van der Waals surface area contributed by atoms with Crippen molar-refractivity contribution in [3.63, 3.8) is 0 Å². The Bertz CT molecular complexity index is 876. The van der Waals surface area contributed by atoms with Crippen LogP contribution in [0.3, 0.4) is 0 Å². The predicted molar refractivity (Wildman–Crippen MR) is 111 cm³/mol. The Hall–Kier alpha value is -2.31. The van der Waals surface area contributed by atoms with Crippen LogP contribution in [0.2, 0.25) is 0 Å². The lowest BCUT2D eigenvalue weighted by molar-refractivity contribution is -0.116. The number of fused-ring (bicyclic) bond motifs is 1. The largest absolute Gasteiger partial charge is 0.376 e. The summed E-state index contributed by atoms with van der Waals surface area (Å²) in [5.41, 5.74) is 3.65. The van der Waals surface area contributed by atoms with Crippen molar-refractivity contribution >= 4 is 29.3 Å². The van der Waals surface area contributed by atoms with Gasteiger partial charge in [0.15, 0.2) is 0 Å². The summed E-state index contributed by atoms with van der Waals surface area (Å²) in [6.45, 7) is 3.85. The molecule has 0 aliphatic carbocycles. The van der Waals surface area contributed by atoms with Gasteiger partial charge in [-0.3, -0.25) is 9.59 Å². The zero-order valence-corrected chi connectivity index (χ0v) is 16.8. The molecular formula is C22H24N2O3S. The zero-order valence-electron chi connectivity index (χ0n) is 15.9.